The summed E-state index contributed by atoms with van der Waals surface area (Å²) in [6, 6.07) is 14.9. The van der Waals surface area contributed by atoms with Crippen LogP contribution in [0.3, 0.4) is 0 Å². The SMILES string of the molecule is CCOC(=O)c1ccc(-c2ccc3cc4c(cc3c2)C(C)(C)CCC4(C)C)nc1. The Bertz CT molecular complexity index is 1080. The maximum absolute atomic E-state index is 11.9. The van der Waals surface area contributed by atoms with Gasteiger partial charge in [0, 0.05) is 11.8 Å². The first kappa shape index (κ1) is 19.6. The maximum Gasteiger partial charge on any atom is 0.339 e. The van der Waals surface area contributed by atoms with Crippen molar-refractivity contribution in [2.24, 2.45) is 0 Å². The Kier molecular flexibility index (Phi) is 4.72. The molecule has 3 heteroatoms. The predicted molar refractivity (Wildman–Crippen MR) is 118 cm³/mol. The van der Waals surface area contributed by atoms with Crippen LogP contribution in [0.5, 0.6) is 0 Å². The van der Waals surface area contributed by atoms with Gasteiger partial charge >= 0.3 is 5.97 Å². The lowest BCUT2D eigenvalue weighted by Crippen LogP contribution is -2.33. The van der Waals surface area contributed by atoms with Crippen molar-refractivity contribution in [3.63, 3.8) is 0 Å². The van der Waals surface area contributed by atoms with Gasteiger partial charge in [-0.2, -0.15) is 0 Å². The lowest BCUT2D eigenvalue weighted by Gasteiger charge is -2.42. The summed E-state index contributed by atoms with van der Waals surface area (Å²) in [7, 11) is 0. The lowest BCUT2D eigenvalue weighted by molar-refractivity contribution is 0.0526. The molecule has 2 aromatic carbocycles. The number of carbonyl (C=O) groups is 1. The Morgan fingerprint density at radius 1 is 0.931 bits per heavy atom. The largest absolute Gasteiger partial charge is 0.462 e. The van der Waals surface area contributed by atoms with Crippen molar-refractivity contribution in [3.05, 3.63) is 65.4 Å². The van der Waals surface area contributed by atoms with Crippen LogP contribution in [-0.4, -0.2) is 17.6 Å². The Hall–Kier alpha value is -2.68. The third kappa shape index (κ3) is 3.55. The lowest BCUT2D eigenvalue weighted by atomic mass is 9.63. The molecule has 0 saturated carbocycles. The van der Waals surface area contributed by atoms with E-state index in [0.717, 1.165) is 11.3 Å². The second-order valence-electron chi connectivity index (χ2n) is 9.38. The molecule has 3 nitrogen and oxygen atoms in total. The Labute approximate surface area is 173 Å². The fraction of sp³-hybridized carbons (Fsp3) is 0.385. The van der Waals surface area contributed by atoms with Gasteiger partial charge in [-0.05, 0) is 70.7 Å². The molecule has 0 N–H and O–H groups in total. The predicted octanol–water partition coefficient (Wildman–Crippen LogP) is 6.43. The molecule has 0 spiro atoms. The van der Waals surface area contributed by atoms with Gasteiger partial charge in [0.25, 0.3) is 0 Å². The number of hydrogen-bond acceptors (Lipinski definition) is 3. The zero-order valence-electron chi connectivity index (χ0n) is 18.0. The minimum Gasteiger partial charge on any atom is -0.462 e. The number of carbonyl (C=O) groups excluding carboxylic acids is 1. The average Bonchev–Trinajstić information content (AvgIpc) is 2.70. The van der Waals surface area contributed by atoms with Gasteiger partial charge in [-0.3, -0.25) is 4.98 Å². The van der Waals surface area contributed by atoms with Gasteiger partial charge in [0.2, 0.25) is 0 Å². The molecule has 0 saturated heterocycles. The number of esters is 1. The van der Waals surface area contributed by atoms with E-state index in [9.17, 15) is 4.79 Å². The molecule has 4 rings (SSSR count). The summed E-state index contributed by atoms with van der Waals surface area (Å²) in [4.78, 5) is 16.4. The van der Waals surface area contributed by atoms with Crippen LogP contribution >= 0.6 is 0 Å². The van der Waals surface area contributed by atoms with E-state index in [0.29, 0.717) is 12.2 Å². The average molecular weight is 388 g/mol. The Morgan fingerprint density at radius 2 is 1.59 bits per heavy atom. The van der Waals surface area contributed by atoms with Crippen molar-refractivity contribution in [3.8, 4) is 11.3 Å². The first-order valence-electron chi connectivity index (χ1n) is 10.4. The zero-order chi connectivity index (χ0) is 20.8. The molecule has 0 radical (unpaired) electrons. The van der Waals surface area contributed by atoms with E-state index in [1.165, 1.54) is 34.7 Å². The van der Waals surface area contributed by atoms with Gasteiger partial charge in [-0.25, -0.2) is 4.79 Å². The van der Waals surface area contributed by atoms with Gasteiger partial charge in [0.15, 0.2) is 0 Å². The van der Waals surface area contributed by atoms with E-state index >= 15 is 0 Å². The van der Waals surface area contributed by atoms with Crippen molar-refractivity contribution in [1.82, 2.24) is 4.98 Å². The number of pyridine rings is 1. The van der Waals surface area contributed by atoms with Gasteiger partial charge in [0.1, 0.15) is 0 Å². The Balaban J connectivity index is 1.76. The van der Waals surface area contributed by atoms with Crippen LogP contribution in [-0.2, 0) is 15.6 Å². The highest BCUT2D eigenvalue weighted by Gasteiger charge is 2.37. The standard InChI is InChI=1S/C26H29NO2/c1-6-29-24(28)19-9-10-23(27-16-19)18-8-7-17-14-21-22(15-20(17)13-18)26(4,5)12-11-25(21,2)3/h7-10,13-16H,6,11-12H2,1-5H3. The second-order valence-corrected chi connectivity index (χ2v) is 9.38. The molecule has 0 unspecified atom stereocenters. The van der Waals surface area contributed by atoms with Crippen LogP contribution in [0, 0.1) is 0 Å². The van der Waals surface area contributed by atoms with Crippen molar-refractivity contribution in [2.75, 3.05) is 6.61 Å². The summed E-state index contributed by atoms with van der Waals surface area (Å²) < 4.78 is 5.04. The first-order valence-corrected chi connectivity index (χ1v) is 10.4. The number of nitrogens with zero attached hydrogens (tertiary/aromatic N) is 1. The molecule has 29 heavy (non-hydrogen) atoms. The van der Waals surface area contributed by atoms with E-state index in [1.807, 2.05) is 6.07 Å². The van der Waals surface area contributed by atoms with E-state index in [1.54, 1.807) is 19.2 Å². The summed E-state index contributed by atoms with van der Waals surface area (Å²) in [6.45, 7) is 11.6. The molecule has 150 valence electrons. The molecule has 1 aliphatic carbocycles. The minimum atomic E-state index is -0.332. The molecule has 0 atom stereocenters. The molecular formula is C26H29NO2. The minimum absolute atomic E-state index is 0.189. The summed E-state index contributed by atoms with van der Waals surface area (Å²) in [5.41, 5.74) is 5.74. The number of aromatic nitrogens is 1. The van der Waals surface area contributed by atoms with Crippen LogP contribution in [0.25, 0.3) is 22.0 Å². The molecule has 1 aromatic heterocycles. The summed E-state index contributed by atoms with van der Waals surface area (Å²) in [5.74, 6) is -0.332. The highest BCUT2D eigenvalue weighted by Crippen LogP contribution is 2.47. The van der Waals surface area contributed by atoms with E-state index < -0.39 is 0 Å². The molecule has 0 aliphatic heterocycles. The third-order valence-corrected chi connectivity index (χ3v) is 6.38. The van der Waals surface area contributed by atoms with Crippen molar-refractivity contribution < 1.29 is 9.53 Å². The maximum atomic E-state index is 11.9. The molecule has 1 heterocycles. The van der Waals surface area contributed by atoms with Crippen LogP contribution in [0.2, 0.25) is 0 Å². The molecule has 0 fully saturated rings. The Morgan fingerprint density at radius 3 is 2.17 bits per heavy atom. The van der Waals surface area contributed by atoms with Crippen molar-refractivity contribution in [2.45, 2.75) is 58.3 Å². The normalized spacial score (nSPS) is 17.0. The number of hydrogen-bond donors (Lipinski definition) is 0. The van der Waals surface area contributed by atoms with Crippen LogP contribution in [0.1, 0.15) is 68.9 Å². The van der Waals surface area contributed by atoms with Crippen molar-refractivity contribution >= 4 is 16.7 Å². The van der Waals surface area contributed by atoms with Crippen molar-refractivity contribution in [1.29, 1.82) is 0 Å². The smallest absolute Gasteiger partial charge is 0.339 e. The summed E-state index contributed by atoms with van der Waals surface area (Å²) >= 11 is 0. The monoisotopic (exact) mass is 387 g/mol. The second kappa shape index (κ2) is 6.98. The number of ether oxygens (including phenoxy) is 1. The molecular weight excluding hydrogens is 358 g/mol. The fourth-order valence-corrected chi connectivity index (χ4v) is 4.37. The van der Waals surface area contributed by atoms with Crippen LogP contribution in [0.15, 0.2) is 48.7 Å². The number of fused-ring (bicyclic) bond motifs is 2. The van der Waals surface area contributed by atoms with Crippen LogP contribution in [0.4, 0.5) is 0 Å². The van der Waals surface area contributed by atoms with Gasteiger partial charge in [0.05, 0.1) is 17.9 Å². The third-order valence-electron chi connectivity index (χ3n) is 6.38. The molecule has 0 bridgehead atoms. The van der Waals surface area contributed by atoms with Gasteiger partial charge in [-0.1, -0.05) is 52.0 Å². The number of rotatable bonds is 3. The first-order chi connectivity index (χ1) is 13.7. The van der Waals surface area contributed by atoms with E-state index in [-0.39, 0.29) is 16.8 Å². The van der Waals surface area contributed by atoms with Gasteiger partial charge < -0.3 is 4.74 Å². The van der Waals surface area contributed by atoms with Gasteiger partial charge in [-0.15, -0.1) is 0 Å². The molecule has 3 aromatic rings. The summed E-state index contributed by atoms with van der Waals surface area (Å²) in [5, 5.41) is 2.50. The highest BCUT2D eigenvalue weighted by molar-refractivity contribution is 5.91. The quantitative estimate of drug-likeness (QED) is 0.486. The summed E-state index contributed by atoms with van der Waals surface area (Å²) in [6.07, 6.45) is 4.01. The number of benzene rings is 2. The van der Waals surface area contributed by atoms with E-state index in [2.05, 4.69) is 63.0 Å². The zero-order valence-corrected chi connectivity index (χ0v) is 18.0. The fourth-order valence-electron chi connectivity index (χ4n) is 4.37. The van der Waals surface area contributed by atoms with E-state index in [4.69, 9.17) is 4.74 Å². The molecule has 0 amide bonds. The topological polar surface area (TPSA) is 39.2 Å². The molecule has 1 aliphatic rings. The van der Waals surface area contributed by atoms with Crippen LogP contribution < -0.4 is 0 Å². The highest BCUT2D eigenvalue weighted by atomic mass is 16.5.